The standard InChI is InChI=1S/C23H26ClN3O2S.C5H6N2O/c1-18-16-23(27(25-18)14-7-10-19-8-3-2-4-9-19)26-15-13-20(17-26)30(28,29)22-12-6-5-11-21(22)24;6-3-5(1-2-5)7-4-8/h2-6,8-9,11-12,16,20H,7,10,13-15,17H2,1H3;4H,1-2H2,(H,7,8). The zero-order valence-corrected chi connectivity index (χ0v) is 23.0. The van der Waals surface area contributed by atoms with E-state index in [1.165, 1.54) is 5.56 Å². The molecule has 1 aromatic heterocycles. The predicted octanol–water partition coefficient (Wildman–Crippen LogP) is 4.32. The van der Waals surface area contributed by atoms with Crippen molar-refractivity contribution in [3.05, 3.63) is 76.9 Å². The SMILES string of the molecule is Cc1cc(N2CCC(S(=O)(=O)c3ccccc3Cl)C2)n(CCCc2ccccc2)n1.N#CC1(NC=O)CC1. The number of sulfone groups is 1. The highest BCUT2D eigenvalue weighted by atomic mass is 35.5. The first-order valence-electron chi connectivity index (χ1n) is 12.7. The second-order valence-electron chi connectivity index (χ2n) is 9.74. The van der Waals surface area contributed by atoms with Crippen LogP contribution in [0.25, 0.3) is 0 Å². The molecule has 2 aliphatic rings. The minimum absolute atomic E-state index is 0.228. The number of aryl methyl sites for hydroxylation is 3. The molecule has 0 spiro atoms. The number of amides is 1. The Bertz CT molecular complexity index is 1400. The van der Waals surface area contributed by atoms with Gasteiger partial charge >= 0.3 is 0 Å². The third kappa shape index (κ3) is 6.55. The van der Waals surface area contributed by atoms with E-state index < -0.39 is 20.6 Å². The Morgan fingerprint density at radius 2 is 1.89 bits per heavy atom. The topological polar surface area (TPSA) is 108 Å². The largest absolute Gasteiger partial charge is 0.355 e. The van der Waals surface area contributed by atoms with Gasteiger partial charge in [-0.2, -0.15) is 10.4 Å². The Morgan fingerprint density at radius 1 is 1.18 bits per heavy atom. The number of nitriles is 1. The molecule has 1 amide bonds. The van der Waals surface area contributed by atoms with Crippen LogP contribution < -0.4 is 10.2 Å². The second kappa shape index (κ2) is 12.0. The summed E-state index contributed by atoms with van der Waals surface area (Å²) in [5.74, 6) is 0.998. The second-order valence-corrected chi connectivity index (χ2v) is 12.3. The van der Waals surface area contributed by atoms with Gasteiger partial charge in [-0.25, -0.2) is 13.1 Å². The lowest BCUT2D eigenvalue weighted by Gasteiger charge is -2.20. The molecule has 5 rings (SSSR count). The molecule has 0 radical (unpaired) electrons. The van der Waals surface area contributed by atoms with E-state index in [-0.39, 0.29) is 9.92 Å². The van der Waals surface area contributed by atoms with Crippen LogP contribution in [0, 0.1) is 18.3 Å². The number of hydrogen-bond acceptors (Lipinski definition) is 6. The fourth-order valence-electron chi connectivity index (χ4n) is 4.60. The normalized spacial score (nSPS) is 17.7. The number of rotatable bonds is 9. The lowest BCUT2D eigenvalue weighted by atomic mass is 10.1. The van der Waals surface area contributed by atoms with Crippen LogP contribution in [0.2, 0.25) is 5.02 Å². The van der Waals surface area contributed by atoms with E-state index >= 15 is 0 Å². The fraction of sp³-hybridized carbons (Fsp3) is 0.393. The van der Waals surface area contributed by atoms with Crippen molar-refractivity contribution >= 4 is 33.7 Å². The third-order valence-electron chi connectivity index (χ3n) is 6.91. The van der Waals surface area contributed by atoms with E-state index in [1.54, 1.807) is 24.3 Å². The van der Waals surface area contributed by atoms with Gasteiger partial charge in [-0.1, -0.05) is 54.1 Å². The molecule has 2 fully saturated rings. The smallest absolute Gasteiger partial charge is 0.208 e. The van der Waals surface area contributed by atoms with E-state index in [9.17, 15) is 13.2 Å². The fourth-order valence-corrected chi connectivity index (χ4v) is 6.82. The molecule has 3 aromatic rings. The van der Waals surface area contributed by atoms with Crippen LogP contribution in [0.5, 0.6) is 0 Å². The Balaban J connectivity index is 0.000000360. The van der Waals surface area contributed by atoms with Crippen molar-refractivity contribution in [1.82, 2.24) is 15.1 Å². The number of aromatic nitrogens is 2. The molecule has 1 saturated carbocycles. The molecule has 1 atom stereocenters. The molecule has 8 nitrogen and oxygen atoms in total. The minimum Gasteiger partial charge on any atom is -0.355 e. The summed E-state index contributed by atoms with van der Waals surface area (Å²) in [5.41, 5.74) is 1.79. The third-order valence-corrected chi connectivity index (χ3v) is 9.58. The lowest BCUT2D eigenvalue weighted by molar-refractivity contribution is -0.110. The number of anilines is 1. The van der Waals surface area contributed by atoms with Crippen molar-refractivity contribution in [2.24, 2.45) is 0 Å². The van der Waals surface area contributed by atoms with Crippen molar-refractivity contribution in [1.29, 1.82) is 5.26 Å². The molecule has 38 heavy (non-hydrogen) atoms. The number of carbonyl (C=O) groups excluding carboxylic acids is 1. The van der Waals surface area contributed by atoms with Crippen LogP contribution in [0.3, 0.4) is 0 Å². The molecule has 2 aromatic carbocycles. The van der Waals surface area contributed by atoms with Crippen molar-refractivity contribution in [2.75, 3.05) is 18.0 Å². The molecule has 1 N–H and O–H groups in total. The molecule has 1 saturated heterocycles. The summed E-state index contributed by atoms with van der Waals surface area (Å²) < 4.78 is 28.3. The van der Waals surface area contributed by atoms with Crippen molar-refractivity contribution in [3.8, 4) is 6.07 Å². The first-order chi connectivity index (χ1) is 18.3. The number of nitrogens with one attached hydrogen (secondary N) is 1. The zero-order valence-electron chi connectivity index (χ0n) is 21.4. The van der Waals surface area contributed by atoms with Crippen LogP contribution >= 0.6 is 11.6 Å². The Morgan fingerprint density at radius 3 is 2.53 bits per heavy atom. The molecule has 1 unspecified atom stereocenters. The average molecular weight is 554 g/mol. The maximum Gasteiger partial charge on any atom is 0.208 e. The van der Waals surface area contributed by atoms with Gasteiger partial charge in [-0.15, -0.1) is 0 Å². The minimum atomic E-state index is -3.47. The van der Waals surface area contributed by atoms with Gasteiger partial charge in [-0.05, 0) is 56.7 Å². The Labute approximate surface area is 229 Å². The summed E-state index contributed by atoms with van der Waals surface area (Å²) in [6.07, 6.45) is 4.75. The van der Waals surface area contributed by atoms with Crippen molar-refractivity contribution < 1.29 is 13.2 Å². The van der Waals surface area contributed by atoms with Gasteiger partial charge < -0.3 is 10.2 Å². The summed E-state index contributed by atoms with van der Waals surface area (Å²) in [4.78, 5) is 12.1. The quantitative estimate of drug-likeness (QED) is 0.395. The first-order valence-corrected chi connectivity index (χ1v) is 14.6. The summed E-state index contributed by atoms with van der Waals surface area (Å²) >= 11 is 6.17. The van der Waals surface area contributed by atoms with Crippen LogP contribution in [0.4, 0.5) is 5.82 Å². The summed E-state index contributed by atoms with van der Waals surface area (Å²) in [6, 6.07) is 21.2. The van der Waals surface area contributed by atoms with Gasteiger partial charge in [0.05, 0.1) is 26.9 Å². The highest BCUT2D eigenvalue weighted by Crippen LogP contribution is 2.33. The number of halogens is 1. The predicted molar refractivity (Wildman–Crippen MR) is 148 cm³/mol. The summed E-state index contributed by atoms with van der Waals surface area (Å²) in [6.45, 7) is 3.93. The number of hydrogen-bond donors (Lipinski definition) is 1. The number of nitrogens with zero attached hydrogens (tertiary/aromatic N) is 4. The van der Waals surface area contributed by atoms with Crippen molar-refractivity contribution in [2.45, 2.75) is 61.3 Å². The van der Waals surface area contributed by atoms with E-state index in [4.69, 9.17) is 16.9 Å². The number of benzene rings is 2. The van der Waals surface area contributed by atoms with Crippen molar-refractivity contribution in [3.63, 3.8) is 0 Å². The zero-order chi connectivity index (χ0) is 27.2. The monoisotopic (exact) mass is 553 g/mol. The van der Waals surface area contributed by atoms with Crippen LogP contribution in [-0.2, 0) is 27.6 Å². The number of carbonyl (C=O) groups is 1. The van der Waals surface area contributed by atoms with Gasteiger partial charge in [-0.3, -0.25) is 4.79 Å². The molecule has 0 bridgehead atoms. The van der Waals surface area contributed by atoms with E-state index in [2.05, 4.69) is 39.6 Å². The Kier molecular flexibility index (Phi) is 8.75. The van der Waals surface area contributed by atoms with Gasteiger partial charge in [0.25, 0.3) is 0 Å². The van der Waals surface area contributed by atoms with Gasteiger partial charge in [0.15, 0.2) is 9.84 Å². The molecule has 10 heteroatoms. The van der Waals surface area contributed by atoms with E-state index in [1.807, 2.05) is 29.8 Å². The highest BCUT2D eigenvalue weighted by Gasteiger charge is 2.42. The molecule has 1 aliphatic carbocycles. The summed E-state index contributed by atoms with van der Waals surface area (Å²) in [7, 11) is -3.47. The molecule has 2 heterocycles. The summed E-state index contributed by atoms with van der Waals surface area (Å²) in [5, 5.41) is 15.2. The Hall–Kier alpha value is -3.35. The highest BCUT2D eigenvalue weighted by molar-refractivity contribution is 7.92. The lowest BCUT2D eigenvalue weighted by Crippen LogP contribution is -2.28. The molecular weight excluding hydrogens is 522 g/mol. The van der Waals surface area contributed by atoms with Crippen LogP contribution in [0.1, 0.15) is 36.9 Å². The van der Waals surface area contributed by atoms with Gasteiger partial charge in [0.1, 0.15) is 11.4 Å². The first kappa shape index (κ1) is 27.7. The molecular formula is C28H32ClN5O3S. The maximum absolute atomic E-state index is 13.1. The maximum atomic E-state index is 13.1. The van der Waals surface area contributed by atoms with Gasteiger partial charge in [0, 0.05) is 25.7 Å². The van der Waals surface area contributed by atoms with E-state index in [0.29, 0.717) is 25.9 Å². The van der Waals surface area contributed by atoms with E-state index in [0.717, 1.165) is 43.7 Å². The van der Waals surface area contributed by atoms with Crippen LogP contribution in [0.15, 0.2) is 65.6 Å². The van der Waals surface area contributed by atoms with Gasteiger partial charge in [0.2, 0.25) is 6.41 Å². The average Bonchev–Trinajstić information content (AvgIpc) is 3.32. The molecule has 200 valence electrons. The molecule has 1 aliphatic heterocycles. The van der Waals surface area contributed by atoms with Crippen LogP contribution in [-0.4, -0.2) is 48.5 Å².